The lowest BCUT2D eigenvalue weighted by Crippen LogP contribution is -2.51. The molecule has 2 bridgehead atoms. The number of rotatable bonds is 9. The summed E-state index contributed by atoms with van der Waals surface area (Å²) in [5, 5.41) is 4.34. The number of methoxy groups -OCH3 is 1. The number of aromatic nitrogens is 3. The molecule has 7 nitrogen and oxygen atoms in total. The predicted octanol–water partition coefficient (Wildman–Crippen LogP) is 7.61. The molecule has 0 aliphatic heterocycles. The molecule has 1 amide bonds. The van der Waals surface area contributed by atoms with E-state index in [1.165, 1.54) is 44.9 Å². The zero-order chi connectivity index (χ0) is 27.9. The van der Waals surface area contributed by atoms with Crippen LogP contribution in [-0.2, 0) is 10.2 Å². The van der Waals surface area contributed by atoms with Gasteiger partial charge in [-0.25, -0.2) is 4.98 Å². The normalized spacial score (nSPS) is 26.2. The Bertz CT molecular complexity index is 1370. The van der Waals surface area contributed by atoms with Gasteiger partial charge in [0, 0.05) is 42.2 Å². The highest BCUT2D eigenvalue weighted by Gasteiger charge is 2.53. The maximum absolute atomic E-state index is 14.1. The molecule has 1 aromatic carbocycles. The Morgan fingerprint density at radius 1 is 0.976 bits per heavy atom. The van der Waals surface area contributed by atoms with Gasteiger partial charge in [0.1, 0.15) is 0 Å². The summed E-state index contributed by atoms with van der Waals surface area (Å²) in [4.78, 5) is 25.4. The van der Waals surface area contributed by atoms with Crippen LogP contribution in [0.3, 0.4) is 0 Å². The Balaban J connectivity index is 1.14. The third-order valence-electron chi connectivity index (χ3n) is 10.7. The first kappa shape index (κ1) is 26.7. The van der Waals surface area contributed by atoms with E-state index in [0.717, 1.165) is 73.6 Å². The van der Waals surface area contributed by atoms with Crippen LogP contribution in [0.4, 0.5) is 5.69 Å². The average Bonchev–Trinajstić information content (AvgIpc) is 3.76. The van der Waals surface area contributed by atoms with E-state index in [0.29, 0.717) is 24.1 Å². The second-order valence-electron chi connectivity index (χ2n) is 13.3. The first-order valence-corrected chi connectivity index (χ1v) is 15.8. The van der Waals surface area contributed by atoms with E-state index >= 15 is 0 Å². The van der Waals surface area contributed by atoms with Crippen LogP contribution >= 0.6 is 0 Å². The minimum atomic E-state index is 0.0269. The second kappa shape index (κ2) is 10.9. The summed E-state index contributed by atoms with van der Waals surface area (Å²) in [6, 6.07) is 12.4. The number of nitrogens with zero attached hydrogens (tertiary/aromatic N) is 4. The van der Waals surface area contributed by atoms with Crippen molar-refractivity contribution in [2.75, 3.05) is 18.6 Å². The maximum atomic E-state index is 14.1. The van der Waals surface area contributed by atoms with Crippen LogP contribution in [0, 0.1) is 11.3 Å². The highest BCUT2D eigenvalue weighted by Crippen LogP contribution is 2.58. The third kappa shape index (κ3) is 5.40. The largest absolute Gasteiger partial charge is 0.481 e. The number of hydrogen-bond donors (Lipinski definition) is 0. The lowest BCUT2D eigenvalue weighted by molar-refractivity contribution is -0.120. The fraction of sp³-hybridized carbons (Fsp3) is 0.588. The topological polar surface area (TPSA) is 81.4 Å². The summed E-state index contributed by atoms with van der Waals surface area (Å²) in [7, 11) is 1.64. The summed E-state index contributed by atoms with van der Waals surface area (Å²) < 4.78 is 11.2. The lowest BCUT2D eigenvalue weighted by Gasteiger charge is -2.53. The van der Waals surface area contributed by atoms with Crippen LogP contribution in [0.25, 0.3) is 11.1 Å². The fourth-order valence-corrected chi connectivity index (χ4v) is 7.74. The summed E-state index contributed by atoms with van der Waals surface area (Å²) in [6.07, 6.45) is 17.5. The van der Waals surface area contributed by atoms with Crippen molar-refractivity contribution in [3.8, 4) is 17.0 Å². The molecule has 0 unspecified atom stereocenters. The van der Waals surface area contributed by atoms with Crippen molar-refractivity contribution >= 4 is 11.6 Å². The number of fused-ring (bicyclic) bond motifs is 3. The standard InChI is InChI=1S/C34H42N4O3/c1-40-29-22-27(12-19-35-29)26-8-5-9-28(21-26)38(30(39)20-24-6-3-2-4-7-24)23-33-13-16-34(17-14-33,18-15-33)32-36-31(37-41-32)25-10-11-25/h5,8-9,12,19,21-22,24-25H,2-4,6-7,10-11,13-18,20,23H2,1H3. The van der Waals surface area contributed by atoms with Gasteiger partial charge in [-0.15, -0.1) is 0 Å². The molecule has 0 saturated heterocycles. The molecule has 41 heavy (non-hydrogen) atoms. The van der Waals surface area contributed by atoms with E-state index in [2.05, 4.69) is 39.3 Å². The maximum Gasteiger partial charge on any atom is 0.232 e. The Hall–Kier alpha value is -3.22. The molecule has 0 spiro atoms. The van der Waals surface area contributed by atoms with Crippen molar-refractivity contribution in [2.24, 2.45) is 11.3 Å². The molecule has 0 radical (unpaired) electrons. The number of hydrogen-bond acceptors (Lipinski definition) is 6. The number of benzene rings is 1. The molecule has 2 aromatic heterocycles. The first-order chi connectivity index (χ1) is 20.0. The van der Waals surface area contributed by atoms with E-state index < -0.39 is 0 Å². The summed E-state index contributed by atoms with van der Waals surface area (Å²) >= 11 is 0. The van der Waals surface area contributed by atoms with E-state index in [1.807, 2.05) is 12.1 Å². The molecule has 8 rings (SSSR count). The number of carbonyl (C=O) groups excluding carboxylic acids is 1. The number of pyridine rings is 1. The van der Waals surface area contributed by atoms with Gasteiger partial charge in [-0.05, 0) is 105 Å². The Labute approximate surface area is 243 Å². The number of anilines is 1. The minimum absolute atomic E-state index is 0.0269. The van der Waals surface area contributed by atoms with Crippen LogP contribution in [0.2, 0.25) is 0 Å². The van der Waals surface area contributed by atoms with Crippen molar-refractivity contribution in [1.29, 1.82) is 0 Å². The van der Waals surface area contributed by atoms with Crippen molar-refractivity contribution in [3.63, 3.8) is 0 Å². The van der Waals surface area contributed by atoms with E-state index in [-0.39, 0.29) is 16.7 Å². The van der Waals surface area contributed by atoms with Crippen molar-refractivity contribution in [2.45, 2.75) is 101 Å². The molecule has 2 heterocycles. The Kier molecular flexibility index (Phi) is 7.08. The lowest BCUT2D eigenvalue weighted by atomic mass is 9.53. The van der Waals surface area contributed by atoms with Gasteiger partial charge in [0.05, 0.1) is 7.11 Å². The number of carbonyl (C=O) groups is 1. The molecule has 5 saturated carbocycles. The molecule has 216 valence electrons. The average molecular weight is 555 g/mol. The molecule has 0 atom stereocenters. The third-order valence-corrected chi connectivity index (χ3v) is 10.7. The minimum Gasteiger partial charge on any atom is -0.481 e. The summed E-state index contributed by atoms with van der Waals surface area (Å²) in [5.41, 5.74) is 3.28. The van der Waals surface area contributed by atoms with Crippen molar-refractivity contribution in [1.82, 2.24) is 15.1 Å². The first-order valence-electron chi connectivity index (χ1n) is 15.8. The molecule has 3 aromatic rings. The van der Waals surface area contributed by atoms with E-state index in [4.69, 9.17) is 14.2 Å². The van der Waals surface area contributed by atoms with Gasteiger partial charge in [-0.2, -0.15) is 4.98 Å². The zero-order valence-corrected chi connectivity index (χ0v) is 24.3. The van der Waals surface area contributed by atoms with E-state index in [1.54, 1.807) is 13.3 Å². The smallest absolute Gasteiger partial charge is 0.232 e. The van der Waals surface area contributed by atoms with Gasteiger partial charge in [0.15, 0.2) is 5.82 Å². The molecule has 5 aliphatic rings. The Morgan fingerprint density at radius 2 is 1.73 bits per heavy atom. The van der Waals surface area contributed by atoms with Crippen LogP contribution in [0.5, 0.6) is 5.88 Å². The Morgan fingerprint density at radius 3 is 2.46 bits per heavy atom. The van der Waals surface area contributed by atoms with Crippen LogP contribution in [0.15, 0.2) is 47.1 Å². The van der Waals surface area contributed by atoms with Crippen LogP contribution in [0.1, 0.15) is 108 Å². The summed E-state index contributed by atoms with van der Waals surface area (Å²) in [5.74, 6) is 3.69. The van der Waals surface area contributed by atoms with Crippen LogP contribution < -0.4 is 9.64 Å². The van der Waals surface area contributed by atoms with Gasteiger partial charge in [0.2, 0.25) is 17.7 Å². The van der Waals surface area contributed by atoms with Gasteiger partial charge in [0.25, 0.3) is 0 Å². The van der Waals surface area contributed by atoms with Crippen LogP contribution in [-0.4, -0.2) is 34.7 Å². The number of amides is 1. The van der Waals surface area contributed by atoms with E-state index in [9.17, 15) is 4.79 Å². The molecular weight excluding hydrogens is 512 g/mol. The van der Waals surface area contributed by atoms with Gasteiger partial charge < -0.3 is 14.2 Å². The zero-order valence-electron chi connectivity index (χ0n) is 24.3. The van der Waals surface area contributed by atoms with Gasteiger partial charge >= 0.3 is 0 Å². The highest BCUT2D eigenvalue weighted by molar-refractivity contribution is 5.94. The fourth-order valence-electron chi connectivity index (χ4n) is 7.74. The summed E-state index contributed by atoms with van der Waals surface area (Å²) in [6.45, 7) is 0.787. The molecule has 7 heteroatoms. The molecule has 0 N–H and O–H groups in total. The van der Waals surface area contributed by atoms with Crippen molar-refractivity contribution < 1.29 is 14.1 Å². The number of ether oxygens (including phenoxy) is 1. The quantitative estimate of drug-likeness (QED) is 0.271. The highest BCUT2D eigenvalue weighted by atomic mass is 16.5. The van der Waals surface area contributed by atoms with Gasteiger partial charge in [-0.3, -0.25) is 4.79 Å². The second-order valence-corrected chi connectivity index (χ2v) is 13.3. The molecular formula is C34H42N4O3. The predicted molar refractivity (Wildman–Crippen MR) is 158 cm³/mol. The van der Waals surface area contributed by atoms with Crippen molar-refractivity contribution in [3.05, 3.63) is 54.3 Å². The van der Waals surface area contributed by atoms with Gasteiger partial charge in [-0.1, -0.05) is 36.6 Å². The molecule has 5 fully saturated rings. The SMILES string of the molecule is COc1cc(-c2cccc(N(CC34CCC(c5nc(C6CC6)no5)(CC3)CC4)C(=O)CC3CCCCC3)c2)ccn1. The monoisotopic (exact) mass is 554 g/mol. The molecule has 5 aliphatic carbocycles.